The number of ether oxygens (including phenoxy) is 3. The van der Waals surface area contributed by atoms with Gasteiger partial charge >= 0.3 is 5.97 Å². The first kappa shape index (κ1) is 18.9. The van der Waals surface area contributed by atoms with Crippen LogP contribution in [0, 0.1) is 6.92 Å². The molecule has 1 heterocycles. The molecule has 0 bridgehead atoms. The van der Waals surface area contributed by atoms with Gasteiger partial charge in [-0.2, -0.15) is 0 Å². The summed E-state index contributed by atoms with van der Waals surface area (Å²) in [7, 11) is 1.32. The van der Waals surface area contributed by atoms with Crippen molar-refractivity contribution in [1.82, 2.24) is 0 Å². The Morgan fingerprint density at radius 3 is 2.78 bits per heavy atom. The molecule has 0 unspecified atom stereocenters. The summed E-state index contributed by atoms with van der Waals surface area (Å²) in [4.78, 5) is 24.5. The number of methoxy groups -OCH3 is 1. The van der Waals surface area contributed by atoms with Gasteiger partial charge in [0.15, 0.2) is 0 Å². The molecule has 6 heteroatoms. The Morgan fingerprint density at radius 1 is 1.22 bits per heavy atom. The van der Waals surface area contributed by atoms with Crippen LogP contribution in [0.2, 0.25) is 0 Å². The normalized spacial score (nSPS) is 16.0. The third-order valence-corrected chi connectivity index (χ3v) is 4.49. The summed E-state index contributed by atoms with van der Waals surface area (Å²) in [5.74, 6) is -0.249. The maximum Gasteiger partial charge on any atom is 0.337 e. The molecule has 1 N–H and O–H groups in total. The van der Waals surface area contributed by atoms with E-state index in [1.165, 1.54) is 7.11 Å². The number of para-hydroxylation sites is 1. The van der Waals surface area contributed by atoms with Gasteiger partial charge in [-0.3, -0.25) is 4.79 Å². The Bertz CT molecular complexity index is 827. The Balaban J connectivity index is 1.75. The highest BCUT2D eigenvalue weighted by molar-refractivity contribution is 6.07. The monoisotopic (exact) mass is 369 g/mol. The number of carbonyl (C=O) groups excluding carboxylic acids is 2. The number of esters is 1. The molecule has 1 atom stereocenters. The van der Waals surface area contributed by atoms with Crippen molar-refractivity contribution in [3.8, 4) is 5.75 Å². The molecule has 0 aromatic heterocycles. The summed E-state index contributed by atoms with van der Waals surface area (Å²) in [6.45, 7) is 3.03. The molecule has 1 fully saturated rings. The van der Waals surface area contributed by atoms with Gasteiger partial charge in [-0.25, -0.2) is 4.79 Å². The number of benzene rings is 2. The second-order valence-electron chi connectivity index (χ2n) is 6.42. The fourth-order valence-electron chi connectivity index (χ4n) is 2.93. The van der Waals surface area contributed by atoms with Crippen LogP contribution in [0.3, 0.4) is 0 Å². The van der Waals surface area contributed by atoms with Crippen LogP contribution in [0.1, 0.15) is 39.1 Å². The van der Waals surface area contributed by atoms with Crippen molar-refractivity contribution in [3.63, 3.8) is 0 Å². The Morgan fingerprint density at radius 2 is 2.04 bits per heavy atom. The van der Waals surface area contributed by atoms with E-state index in [1.807, 2.05) is 13.0 Å². The Hall–Kier alpha value is -2.86. The second kappa shape index (κ2) is 8.68. The van der Waals surface area contributed by atoms with Gasteiger partial charge < -0.3 is 19.5 Å². The van der Waals surface area contributed by atoms with Crippen molar-refractivity contribution < 1.29 is 23.8 Å². The molecule has 2 aromatic rings. The summed E-state index contributed by atoms with van der Waals surface area (Å²) in [5, 5.41) is 2.86. The fourth-order valence-corrected chi connectivity index (χ4v) is 2.93. The maximum absolute atomic E-state index is 12.8. The maximum atomic E-state index is 12.8. The summed E-state index contributed by atoms with van der Waals surface area (Å²) in [5.41, 5.74) is 2.20. The van der Waals surface area contributed by atoms with Gasteiger partial charge in [0.1, 0.15) is 12.4 Å². The quantitative estimate of drug-likeness (QED) is 0.788. The second-order valence-corrected chi connectivity index (χ2v) is 6.42. The van der Waals surface area contributed by atoms with Crippen LogP contribution in [0.5, 0.6) is 5.75 Å². The van der Waals surface area contributed by atoms with Gasteiger partial charge in [-0.1, -0.05) is 18.2 Å². The van der Waals surface area contributed by atoms with E-state index in [4.69, 9.17) is 14.2 Å². The first-order valence-corrected chi connectivity index (χ1v) is 8.92. The molecule has 142 valence electrons. The van der Waals surface area contributed by atoms with Crippen LogP contribution in [0.25, 0.3) is 0 Å². The third-order valence-electron chi connectivity index (χ3n) is 4.49. The van der Waals surface area contributed by atoms with Crippen LogP contribution >= 0.6 is 0 Å². The van der Waals surface area contributed by atoms with Crippen LogP contribution in [0.4, 0.5) is 5.69 Å². The number of hydrogen-bond donors (Lipinski definition) is 1. The zero-order valence-electron chi connectivity index (χ0n) is 15.5. The van der Waals surface area contributed by atoms with Gasteiger partial charge in [0.2, 0.25) is 0 Å². The van der Waals surface area contributed by atoms with Crippen LogP contribution < -0.4 is 10.1 Å². The van der Waals surface area contributed by atoms with Crippen molar-refractivity contribution in [1.29, 1.82) is 0 Å². The number of rotatable bonds is 6. The van der Waals surface area contributed by atoms with E-state index in [1.54, 1.807) is 36.4 Å². The molecule has 27 heavy (non-hydrogen) atoms. The minimum Gasteiger partial charge on any atom is -0.490 e. The molecule has 1 saturated heterocycles. The molecule has 3 rings (SSSR count). The van der Waals surface area contributed by atoms with Crippen LogP contribution in [-0.4, -0.2) is 38.3 Å². The van der Waals surface area contributed by atoms with E-state index in [9.17, 15) is 9.59 Å². The molecule has 1 amide bonds. The van der Waals surface area contributed by atoms with Crippen molar-refractivity contribution in [2.75, 3.05) is 25.6 Å². The molecule has 0 spiro atoms. The van der Waals surface area contributed by atoms with E-state index >= 15 is 0 Å². The number of nitrogens with one attached hydrogen (secondary N) is 1. The smallest absolute Gasteiger partial charge is 0.337 e. The average molecular weight is 369 g/mol. The van der Waals surface area contributed by atoms with Crippen molar-refractivity contribution >= 4 is 17.6 Å². The lowest BCUT2D eigenvalue weighted by Gasteiger charge is -2.15. The van der Waals surface area contributed by atoms with Crippen molar-refractivity contribution in [3.05, 3.63) is 59.2 Å². The summed E-state index contributed by atoms with van der Waals surface area (Å²) >= 11 is 0. The first-order chi connectivity index (χ1) is 13.1. The molecule has 1 aliphatic rings. The molecule has 0 saturated carbocycles. The number of hydrogen-bond acceptors (Lipinski definition) is 5. The van der Waals surface area contributed by atoms with Crippen LogP contribution in [0.15, 0.2) is 42.5 Å². The molecular weight excluding hydrogens is 346 g/mol. The van der Waals surface area contributed by atoms with Gasteiger partial charge in [-0.15, -0.1) is 0 Å². The first-order valence-electron chi connectivity index (χ1n) is 8.92. The highest BCUT2D eigenvalue weighted by Crippen LogP contribution is 2.23. The zero-order valence-corrected chi connectivity index (χ0v) is 15.5. The number of aryl methyl sites for hydroxylation is 1. The number of anilines is 1. The predicted molar refractivity (Wildman–Crippen MR) is 101 cm³/mol. The molecule has 0 aliphatic carbocycles. The van der Waals surface area contributed by atoms with E-state index in [0.29, 0.717) is 29.2 Å². The summed E-state index contributed by atoms with van der Waals surface area (Å²) < 4.78 is 16.1. The lowest BCUT2D eigenvalue weighted by atomic mass is 10.1. The lowest BCUT2D eigenvalue weighted by Crippen LogP contribution is -2.19. The average Bonchev–Trinajstić information content (AvgIpc) is 3.21. The highest BCUT2D eigenvalue weighted by atomic mass is 16.5. The summed E-state index contributed by atoms with van der Waals surface area (Å²) in [6, 6.07) is 12.1. The minimum absolute atomic E-state index is 0.0695. The topological polar surface area (TPSA) is 73.9 Å². The van der Waals surface area contributed by atoms with Crippen molar-refractivity contribution in [2.45, 2.75) is 25.9 Å². The Labute approximate surface area is 158 Å². The largest absolute Gasteiger partial charge is 0.490 e. The van der Waals surface area contributed by atoms with Crippen molar-refractivity contribution in [2.24, 2.45) is 0 Å². The fraction of sp³-hybridized carbons (Fsp3) is 0.333. The molecule has 1 aliphatic heterocycles. The van der Waals surface area contributed by atoms with Gasteiger partial charge in [0, 0.05) is 12.3 Å². The van der Waals surface area contributed by atoms with Gasteiger partial charge in [0.05, 0.1) is 24.3 Å². The third kappa shape index (κ3) is 4.65. The van der Waals surface area contributed by atoms with E-state index < -0.39 is 5.97 Å². The summed E-state index contributed by atoms with van der Waals surface area (Å²) in [6.07, 6.45) is 2.07. The standard InChI is InChI=1S/C21H23NO5/c1-14-9-10-15(21(24)25-2)12-18(14)22-20(23)17-7-3-4-8-19(17)27-13-16-6-5-11-26-16/h3-4,7-10,12,16H,5-6,11,13H2,1-2H3,(H,22,23)/t16-/m1/s1. The number of carbonyl (C=O) groups is 2. The molecular formula is C21H23NO5. The predicted octanol–water partition coefficient (Wildman–Crippen LogP) is 3.59. The van der Waals surface area contributed by atoms with E-state index in [2.05, 4.69) is 5.32 Å². The number of amides is 1. The van der Waals surface area contributed by atoms with E-state index in [0.717, 1.165) is 25.0 Å². The zero-order chi connectivity index (χ0) is 19.2. The lowest BCUT2D eigenvalue weighted by molar-refractivity contribution is 0.0600. The van der Waals surface area contributed by atoms with Crippen LogP contribution in [-0.2, 0) is 9.47 Å². The van der Waals surface area contributed by atoms with Gasteiger partial charge in [-0.05, 0) is 49.6 Å². The highest BCUT2D eigenvalue weighted by Gasteiger charge is 2.19. The Kier molecular flexibility index (Phi) is 6.08. The molecule has 0 radical (unpaired) electrons. The minimum atomic E-state index is -0.453. The molecule has 2 aromatic carbocycles. The van der Waals surface area contributed by atoms with Gasteiger partial charge in [0.25, 0.3) is 5.91 Å². The molecule has 6 nitrogen and oxygen atoms in total. The van der Waals surface area contributed by atoms with E-state index in [-0.39, 0.29) is 12.0 Å². The SMILES string of the molecule is COC(=O)c1ccc(C)c(NC(=O)c2ccccc2OC[C@H]2CCCO2)c1.